The normalized spacial score (nSPS) is 24.7. The van der Waals surface area contributed by atoms with Gasteiger partial charge in [-0.2, -0.15) is 13.2 Å². The van der Waals surface area contributed by atoms with Crippen molar-refractivity contribution in [3.05, 3.63) is 35.9 Å². The van der Waals surface area contributed by atoms with Crippen molar-refractivity contribution < 1.29 is 18.0 Å². The highest BCUT2D eigenvalue weighted by atomic mass is 35.5. The molecule has 17 heavy (non-hydrogen) atoms. The predicted molar refractivity (Wildman–Crippen MR) is 56.5 cm³/mol. The molecule has 1 heterocycles. The zero-order valence-corrected chi connectivity index (χ0v) is 9.37. The molecule has 0 radical (unpaired) electrons. The molecule has 0 aromatic heterocycles. The lowest BCUT2D eigenvalue weighted by Gasteiger charge is -2.44. The maximum absolute atomic E-state index is 12.6. The van der Waals surface area contributed by atoms with Crippen molar-refractivity contribution in [2.45, 2.75) is 24.1 Å². The average Bonchev–Trinajstić information content (AvgIpc) is 2.27. The summed E-state index contributed by atoms with van der Waals surface area (Å²) in [7, 11) is 0. The Labute approximate surface area is 101 Å². The lowest BCUT2D eigenvalue weighted by atomic mass is 9.99. The second kappa shape index (κ2) is 4.22. The average molecular weight is 264 g/mol. The van der Waals surface area contributed by atoms with Gasteiger partial charge in [0.25, 0.3) is 0 Å². The summed E-state index contributed by atoms with van der Waals surface area (Å²) in [5.74, 6) is -0.669. The third kappa shape index (κ3) is 2.24. The second-order valence-electron chi connectivity index (χ2n) is 3.84. The molecule has 1 aliphatic rings. The van der Waals surface area contributed by atoms with Crippen LogP contribution in [-0.4, -0.2) is 28.4 Å². The molecule has 1 aliphatic heterocycles. The predicted octanol–water partition coefficient (Wildman–Crippen LogP) is 2.57. The minimum absolute atomic E-state index is 0.0624. The molecular formula is C11H9ClF3NO. The van der Waals surface area contributed by atoms with Crippen LogP contribution in [-0.2, 0) is 11.3 Å². The van der Waals surface area contributed by atoms with Gasteiger partial charge in [-0.15, -0.1) is 11.6 Å². The van der Waals surface area contributed by atoms with Crippen molar-refractivity contribution in [3.63, 3.8) is 0 Å². The monoisotopic (exact) mass is 263 g/mol. The number of carbonyl (C=O) groups is 1. The van der Waals surface area contributed by atoms with E-state index in [1.54, 1.807) is 30.3 Å². The summed E-state index contributed by atoms with van der Waals surface area (Å²) in [5.41, 5.74) is 0.652. The number of nitrogens with zero attached hydrogens (tertiary/aromatic N) is 1. The van der Waals surface area contributed by atoms with Gasteiger partial charge in [0.2, 0.25) is 5.91 Å². The summed E-state index contributed by atoms with van der Waals surface area (Å²) in [5, 5.41) is -1.49. The van der Waals surface area contributed by atoms with Gasteiger partial charge in [0.05, 0.1) is 0 Å². The Balaban J connectivity index is 2.13. The molecule has 0 bridgehead atoms. The third-order valence-corrected chi connectivity index (χ3v) is 3.09. The van der Waals surface area contributed by atoms with Crippen molar-refractivity contribution in [2.75, 3.05) is 0 Å². The Hall–Kier alpha value is -1.23. The lowest BCUT2D eigenvalue weighted by molar-refractivity contribution is -0.213. The number of carbonyl (C=O) groups excluding carboxylic acids is 1. The maximum Gasteiger partial charge on any atom is 0.410 e. The molecule has 0 aliphatic carbocycles. The van der Waals surface area contributed by atoms with Gasteiger partial charge < -0.3 is 4.90 Å². The molecule has 1 aromatic rings. The topological polar surface area (TPSA) is 20.3 Å². The number of halogens is 4. The summed E-state index contributed by atoms with van der Waals surface area (Å²) in [6.07, 6.45) is -4.48. The fraction of sp³-hybridized carbons (Fsp3) is 0.364. The number of likely N-dealkylation sites (tertiary alicyclic amines) is 1. The molecule has 0 N–H and O–H groups in total. The molecule has 1 amide bonds. The molecule has 2 rings (SSSR count). The van der Waals surface area contributed by atoms with E-state index in [4.69, 9.17) is 11.6 Å². The van der Waals surface area contributed by atoms with Gasteiger partial charge in [0.15, 0.2) is 6.04 Å². The molecule has 0 saturated carbocycles. The SMILES string of the molecule is O=C1[C@H](Cl)[C@@H](C(F)(F)F)N1Cc1ccccc1. The number of hydrogen-bond acceptors (Lipinski definition) is 1. The fourth-order valence-electron chi connectivity index (χ4n) is 1.81. The van der Waals surface area contributed by atoms with Crippen LogP contribution >= 0.6 is 11.6 Å². The molecule has 92 valence electrons. The summed E-state index contributed by atoms with van der Waals surface area (Å²) in [6, 6.07) is 6.63. The molecule has 1 fully saturated rings. The zero-order valence-electron chi connectivity index (χ0n) is 8.62. The molecule has 6 heteroatoms. The first-order valence-electron chi connectivity index (χ1n) is 4.96. The van der Waals surface area contributed by atoms with Gasteiger partial charge in [-0.1, -0.05) is 30.3 Å². The summed E-state index contributed by atoms with van der Waals surface area (Å²) in [4.78, 5) is 12.1. The van der Waals surface area contributed by atoms with Gasteiger partial charge in [0.1, 0.15) is 5.38 Å². The van der Waals surface area contributed by atoms with E-state index >= 15 is 0 Å². The first-order valence-corrected chi connectivity index (χ1v) is 5.40. The van der Waals surface area contributed by atoms with E-state index in [9.17, 15) is 18.0 Å². The Morgan fingerprint density at radius 3 is 2.35 bits per heavy atom. The van der Waals surface area contributed by atoms with Gasteiger partial charge in [-0.3, -0.25) is 4.79 Å². The van der Waals surface area contributed by atoms with Gasteiger partial charge in [-0.05, 0) is 5.56 Å². The van der Waals surface area contributed by atoms with E-state index in [-0.39, 0.29) is 6.54 Å². The number of amides is 1. The van der Waals surface area contributed by atoms with Crippen LogP contribution in [0.3, 0.4) is 0 Å². The minimum Gasteiger partial charge on any atom is -0.323 e. The van der Waals surface area contributed by atoms with Gasteiger partial charge >= 0.3 is 6.18 Å². The van der Waals surface area contributed by atoms with Crippen molar-refractivity contribution in [3.8, 4) is 0 Å². The molecule has 0 spiro atoms. The van der Waals surface area contributed by atoms with Crippen LogP contribution in [0.4, 0.5) is 13.2 Å². The summed E-state index contributed by atoms with van der Waals surface area (Å²) in [6.45, 7) is -0.0624. The highest BCUT2D eigenvalue weighted by Crippen LogP contribution is 2.38. The molecular weight excluding hydrogens is 255 g/mol. The van der Waals surface area contributed by atoms with E-state index < -0.39 is 23.5 Å². The highest BCUT2D eigenvalue weighted by molar-refractivity contribution is 6.33. The number of alkyl halides is 4. The molecule has 0 unspecified atom stereocenters. The first kappa shape index (κ1) is 12.2. The van der Waals surface area contributed by atoms with E-state index in [1.807, 2.05) is 0 Å². The minimum atomic E-state index is -4.48. The third-order valence-electron chi connectivity index (χ3n) is 2.66. The Morgan fingerprint density at radius 1 is 1.24 bits per heavy atom. The fourth-order valence-corrected chi connectivity index (χ4v) is 2.21. The van der Waals surface area contributed by atoms with Crippen LogP contribution < -0.4 is 0 Å². The van der Waals surface area contributed by atoms with Crippen LogP contribution in [0.25, 0.3) is 0 Å². The van der Waals surface area contributed by atoms with E-state index in [2.05, 4.69) is 0 Å². The van der Waals surface area contributed by atoms with Gasteiger partial charge in [0, 0.05) is 6.54 Å². The van der Waals surface area contributed by atoms with Crippen molar-refractivity contribution in [2.24, 2.45) is 0 Å². The zero-order chi connectivity index (χ0) is 12.6. The number of benzene rings is 1. The van der Waals surface area contributed by atoms with E-state index in [0.29, 0.717) is 5.56 Å². The Kier molecular flexibility index (Phi) is 3.03. The standard InChI is InChI=1S/C11H9ClF3NO/c12-8-9(11(13,14)15)16(10(8)17)6-7-4-2-1-3-5-7/h1-5,8-9H,6H2/t8-,9+/m1/s1. The smallest absolute Gasteiger partial charge is 0.323 e. The van der Waals surface area contributed by atoms with E-state index in [0.717, 1.165) is 4.90 Å². The quantitative estimate of drug-likeness (QED) is 0.593. The Morgan fingerprint density at radius 2 is 1.82 bits per heavy atom. The lowest BCUT2D eigenvalue weighted by Crippen LogP contribution is -2.67. The number of rotatable bonds is 2. The summed E-state index contributed by atoms with van der Waals surface area (Å²) < 4.78 is 37.8. The van der Waals surface area contributed by atoms with Crippen molar-refractivity contribution >= 4 is 17.5 Å². The number of hydrogen-bond donors (Lipinski definition) is 0. The van der Waals surface area contributed by atoms with Crippen LogP contribution in [0.2, 0.25) is 0 Å². The molecule has 1 aromatic carbocycles. The molecule has 2 nitrogen and oxygen atoms in total. The van der Waals surface area contributed by atoms with Crippen LogP contribution in [0, 0.1) is 0 Å². The maximum atomic E-state index is 12.6. The highest BCUT2D eigenvalue weighted by Gasteiger charge is 2.60. The molecule has 2 atom stereocenters. The van der Waals surface area contributed by atoms with Crippen LogP contribution in [0.1, 0.15) is 5.56 Å². The van der Waals surface area contributed by atoms with Crippen LogP contribution in [0.5, 0.6) is 0 Å². The Bertz CT molecular complexity index is 420. The number of β-lactam (4-membered cyclic amide) rings is 1. The van der Waals surface area contributed by atoms with Crippen LogP contribution in [0.15, 0.2) is 30.3 Å². The summed E-state index contributed by atoms with van der Waals surface area (Å²) >= 11 is 5.40. The second-order valence-corrected chi connectivity index (χ2v) is 4.31. The van der Waals surface area contributed by atoms with Crippen molar-refractivity contribution in [1.29, 1.82) is 0 Å². The van der Waals surface area contributed by atoms with Crippen molar-refractivity contribution in [1.82, 2.24) is 4.90 Å². The van der Waals surface area contributed by atoms with E-state index in [1.165, 1.54) is 0 Å². The first-order chi connectivity index (χ1) is 7.91. The van der Waals surface area contributed by atoms with Gasteiger partial charge in [-0.25, -0.2) is 0 Å². The largest absolute Gasteiger partial charge is 0.410 e. The molecule has 1 saturated heterocycles.